The van der Waals surface area contributed by atoms with Gasteiger partial charge in [0.1, 0.15) is 18.8 Å². The summed E-state index contributed by atoms with van der Waals surface area (Å²) in [6.45, 7) is 1.00. The van der Waals surface area contributed by atoms with Gasteiger partial charge in [0.25, 0.3) is 11.2 Å². The van der Waals surface area contributed by atoms with Crippen molar-refractivity contribution in [3.63, 3.8) is 0 Å². The Hall–Kier alpha value is -2.95. The van der Waals surface area contributed by atoms with Gasteiger partial charge in [-0.2, -0.15) is 0 Å². The van der Waals surface area contributed by atoms with Crippen LogP contribution in [0.3, 0.4) is 0 Å². The molecule has 136 valence electrons. The standard InChI is InChI=1S/C14H16N2O9/c1-7(17)24-11-4-9(6-23-14(19)22-2)25-12(11)10-3-8(16(20)21)5-15-13(10)18/h3,5,9,11-12H,4,6H2,1-2H3,(H,15,18)/t9-,11+,12-/m0/s1. The van der Waals surface area contributed by atoms with E-state index in [0.717, 1.165) is 19.4 Å². The molecule has 1 N–H and O–H groups in total. The van der Waals surface area contributed by atoms with Crippen molar-refractivity contribution in [1.29, 1.82) is 0 Å². The van der Waals surface area contributed by atoms with Crippen LogP contribution < -0.4 is 5.56 Å². The molecule has 2 rings (SSSR count). The van der Waals surface area contributed by atoms with E-state index in [1.54, 1.807) is 0 Å². The number of aromatic amines is 1. The Kier molecular flexibility index (Phi) is 5.70. The minimum atomic E-state index is -1.03. The molecule has 25 heavy (non-hydrogen) atoms. The molecule has 0 amide bonds. The van der Waals surface area contributed by atoms with E-state index >= 15 is 0 Å². The summed E-state index contributed by atoms with van der Waals surface area (Å²) in [6.07, 6.45) is -2.37. The molecule has 0 radical (unpaired) electrons. The van der Waals surface area contributed by atoms with Crippen molar-refractivity contribution in [2.24, 2.45) is 0 Å². The van der Waals surface area contributed by atoms with Crippen LogP contribution >= 0.6 is 0 Å². The summed E-state index contributed by atoms with van der Waals surface area (Å²) >= 11 is 0. The van der Waals surface area contributed by atoms with E-state index in [1.807, 2.05) is 0 Å². The Balaban J connectivity index is 2.25. The number of carbonyl (C=O) groups is 2. The van der Waals surface area contributed by atoms with Crippen molar-refractivity contribution in [1.82, 2.24) is 4.98 Å². The molecule has 1 aromatic heterocycles. The molecule has 1 fully saturated rings. The number of hydrogen-bond acceptors (Lipinski definition) is 9. The van der Waals surface area contributed by atoms with Gasteiger partial charge in [-0.1, -0.05) is 0 Å². The fourth-order valence-electron chi connectivity index (χ4n) is 2.46. The Labute approximate surface area is 141 Å². The maximum Gasteiger partial charge on any atom is 0.508 e. The van der Waals surface area contributed by atoms with Crippen molar-refractivity contribution in [3.8, 4) is 0 Å². The molecule has 1 aliphatic heterocycles. The lowest BCUT2D eigenvalue weighted by molar-refractivity contribution is -0.385. The lowest BCUT2D eigenvalue weighted by atomic mass is 10.0. The Morgan fingerprint density at radius 2 is 2.20 bits per heavy atom. The molecule has 1 saturated heterocycles. The molecule has 0 unspecified atom stereocenters. The van der Waals surface area contributed by atoms with E-state index in [4.69, 9.17) is 14.2 Å². The molecule has 3 atom stereocenters. The third-order valence-corrected chi connectivity index (χ3v) is 3.48. The SMILES string of the molecule is COC(=O)OC[C@@H]1C[C@@H](OC(C)=O)[C@H](c2cc([N+](=O)[O-])c[nH]c2=O)O1. The summed E-state index contributed by atoms with van der Waals surface area (Å²) in [4.78, 5) is 46.8. The van der Waals surface area contributed by atoms with Gasteiger partial charge in [-0.3, -0.25) is 19.7 Å². The van der Waals surface area contributed by atoms with Crippen molar-refractivity contribution in [2.45, 2.75) is 31.7 Å². The average molecular weight is 356 g/mol. The quantitative estimate of drug-likeness (QED) is 0.460. The monoisotopic (exact) mass is 356 g/mol. The van der Waals surface area contributed by atoms with Crippen LogP contribution in [0.4, 0.5) is 10.5 Å². The van der Waals surface area contributed by atoms with Crippen LogP contribution in [0.1, 0.15) is 25.0 Å². The van der Waals surface area contributed by atoms with Crippen LogP contribution in [0.5, 0.6) is 0 Å². The minimum absolute atomic E-state index is 0.0546. The molecule has 0 spiro atoms. The van der Waals surface area contributed by atoms with Gasteiger partial charge in [0.05, 0.1) is 29.9 Å². The van der Waals surface area contributed by atoms with Gasteiger partial charge >= 0.3 is 12.1 Å². The predicted octanol–water partition coefficient (Wildman–Crippen LogP) is 0.828. The Morgan fingerprint density at radius 1 is 1.48 bits per heavy atom. The summed E-state index contributed by atoms with van der Waals surface area (Å²) in [5, 5.41) is 10.9. The summed E-state index contributed by atoms with van der Waals surface area (Å²) in [5.41, 5.74) is -1.00. The van der Waals surface area contributed by atoms with Gasteiger partial charge in [0, 0.05) is 19.4 Å². The number of nitrogens with zero attached hydrogens (tertiary/aromatic N) is 1. The highest BCUT2D eigenvalue weighted by Gasteiger charge is 2.41. The fraction of sp³-hybridized carbons (Fsp3) is 0.500. The number of aromatic nitrogens is 1. The number of pyridine rings is 1. The Bertz CT molecular complexity index is 729. The van der Waals surface area contributed by atoms with E-state index in [-0.39, 0.29) is 24.3 Å². The number of hydrogen-bond donors (Lipinski definition) is 1. The maximum atomic E-state index is 12.0. The third-order valence-electron chi connectivity index (χ3n) is 3.48. The van der Waals surface area contributed by atoms with Crippen molar-refractivity contribution in [2.75, 3.05) is 13.7 Å². The van der Waals surface area contributed by atoms with E-state index in [0.29, 0.717) is 0 Å². The highest BCUT2D eigenvalue weighted by Crippen LogP contribution is 2.35. The second-order valence-corrected chi connectivity index (χ2v) is 5.23. The Morgan fingerprint density at radius 3 is 2.80 bits per heavy atom. The number of methoxy groups -OCH3 is 1. The predicted molar refractivity (Wildman–Crippen MR) is 79.9 cm³/mol. The van der Waals surface area contributed by atoms with Gasteiger partial charge in [-0.05, 0) is 0 Å². The first kappa shape index (κ1) is 18.4. The fourth-order valence-corrected chi connectivity index (χ4v) is 2.46. The topological polar surface area (TPSA) is 147 Å². The molecule has 11 heteroatoms. The minimum Gasteiger partial charge on any atom is -0.459 e. The van der Waals surface area contributed by atoms with E-state index in [1.165, 1.54) is 6.92 Å². The average Bonchev–Trinajstić information content (AvgIpc) is 2.94. The van der Waals surface area contributed by atoms with Gasteiger partial charge in [-0.25, -0.2) is 4.79 Å². The molecule has 0 aromatic carbocycles. The van der Waals surface area contributed by atoms with E-state index in [9.17, 15) is 24.5 Å². The molecule has 0 aliphatic carbocycles. The van der Waals surface area contributed by atoms with Crippen LogP contribution in [-0.4, -0.2) is 48.0 Å². The second kappa shape index (κ2) is 7.75. The first-order valence-electron chi connectivity index (χ1n) is 7.22. The second-order valence-electron chi connectivity index (χ2n) is 5.23. The van der Waals surface area contributed by atoms with Crippen LogP contribution in [0.2, 0.25) is 0 Å². The summed E-state index contributed by atoms with van der Waals surface area (Å²) < 4.78 is 19.9. The molecule has 11 nitrogen and oxygen atoms in total. The van der Waals surface area contributed by atoms with Crippen LogP contribution in [0, 0.1) is 10.1 Å². The van der Waals surface area contributed by atoms with Gasteiger partial charge in [0.15, 0.2) is 0 Å². The number of carbonyl (C=O) groups excluding carboxylic acids is 2. The van der Waals surface area contributed by atoms with Gasteiger partial charge < -0.3 is 23.9 Å². The number of nitrogens with one attached hydrogen (secondary N) is 1. The number of rotatable bonds is 5. The molecule has 0 bridgehead atoms. The van der Waals surface area contributed by atoms with Gasteiger partial charge in [0.2, 0.25) is 0 Å². The number of esters is 1. The smallest absolute Gasteiger partial charge is 0.459 e. The zero-order valence-corrected chi connectivity index (χ0v) is 13.4. The lowest BCUT2D eigenvalue weighted by Crippen LogP contribution is -2.25. The lowest BCUT2D eigenvalue weighted by Gasteiger charge is -2.17. The first-order chi connectivity index (χ1) is 11.8. The largest absolute Gasteiger partial charge is 0.508 e. The van der Waals surface area contributed by atoms with Crippen LogP contribution in [-0.2, 0) is 23.7 Å². The summed E-state index contributed by atoms with van der Waals surface area (Å²) in [7, 11) is 1.14. The number of H-pyrrole nitrogens is 1. The first-order valence-corrected chi connectivity index (χ1v) is 7.22. The normalized spacial score (nSPS) is 22.2. The molecule has 0 saturated carbocycles. The van der Waals surface area contributed by atoms with Crippen molar-refractivity contribution < 1.29 is 33.5 Å². The zero-order chi connectivity index (χ0) is 18.6. The number of nitro groups is 1. The molecular formula is C14H16N2O9. The van der Waals surface area contributed by atoms with Crippen LogP contribution in [0.25, 0.3) is 0 Å². The maximum absolute atomic E-state index is 12.0. The third kappa shape index (κ3) is 4.53. The molecule has 1 aromatic rings. The van der Waals surface area contributed by atoms with Crippen molar-refractivity contribution in [3.05, 3.63) is 38.3 Å². The summed E-state index contributed by atoms with van der Waals surface area (Å²) in [5.74, 6) is -0.602. The molecular weight excluding hydrogens is 340 g/mol. The van der Waals surface area contributed by atoms with Gasteiger partial charge in [-0.15, -0.1) is 0 Å². The molecule has 2 heterocycles. The van der Waals surface area contributed by atoms with E-state index < -0.39 is 40.9 Å². The van der Waals surface area contributed by atoms with Crippen LogP contribution in [0.15, 0.2) is 17.1 Å². The molecule has 1 aliphatic rings. The highest BCUT2D eigenvalue weighted by atomic mass is 16.7. The van der Waals surface area contributed by atoms with Crippen molar-refractivity contribution >= 4 is 17.8 Å². The highest BCUT2D eigenvalue weighted by molar-refractivity contribution is 5.66. The summed E-state index contributed by atoms with van der Waals surface area (Å²) in [6, 6.07) is 1.06. The van der Waals surface area contributed by atoms with E-state index in [2.05, 4.69) is 9.72 Å². The zero-order valence-electron chi connectivity index (χ0n) is 13.4. The number of ether oxygens (including phenoxy) is 4.